The maximum atomic E-state index is 13.9. The predicted octanol–water partition coefficient (Wildman–Crippen LogP) is 6.73. The van der Waals surface area contributed by atoms with Gasteiger partial charge in [0.1, 0.15) is 0 Å². The van der Waals surface area contributed by atoms with Crippen LogP contribution in [-0.2, 0) is 21.2 Å². The van der Waals surface area contributed by atoms with Crippen LogP contribution < -0.4 is 19.8 Å². The van der Waals surface area contributed by atoms with Crippen LogP contribution in [0.25, 0.3) is 0 Å². The normalized spacial score (nSPS) is 14.4. The second-order valence-corrected chi connectivity index (χ2v) is 15.1. The summed E-state index contributed by atoms with van der Waals surface area (Å²) in [5, 5.41) is 3.16. The Labute approximate surface area is 282 Å². The molecular formula is C38H52N4O4S. The molecule has 1 aliphatic rings. The van der Waals surface area contributed by atoms with Gasteiger partial charge in [-0.2, -0.15) is 0 Å². The molecule has 1 atom stereocenters. The summed E-state index contributed by atoms with van der Waals surface area (Å²) >= 11 is 0. The molecule has 0 aliphatic heterocycles. The molecule has 1 saturated carbocycles. The molecule has 254 valence electrons. The van der Waals surface area contributed by atoms with Crippen LogP contribution in [0.5, 0.6) is 0 Å². The monoisotopic (exact) mass is 660 g/mol. The molecule has 2 N–H and O–H groups in total. The third kappa shape index (κ3) is 10.3. The van der Waals surface area contributed by atoms with Crippen molar-refractivity contribution in [2.24, 2.45) is 11.8 Å². The van der Waals surface area contributed by atoms with Crippen LogP contribution in [0.2, 0.25) is 0 Å². The van der Waals surface area contributed by atoms with Crippen LogP contribution in [0.15, 0.2) is 77.7 Å². The minimum Gasteiger partial charge on any atom is -0.373 e. The van der Waals surface area contributed by atoms with Gasteiger partial charge in [-0.15, -0.1) is 0 Å². The minimum absolute atomic E-state index is 0.0777. The molecule has 1 fully saturated rings. The molecule has 9 heteroatoms. The lowest BCUT2D eigenvalue weighted by Crippen LogP contribution is -2.45. The topological polar surface area (TPSA) is 98.8 Å². The maximum absolute atomic E-state index is 13.9. The first-order valence-corrected chi connectivity index (χ1v) is 18.4. The SMILES string of the molecule is Cc1ccccc1S(=O)(=O)NC(=O)CC(NC(=O)c1ccc(N(C)CCC(C)C)c(N(C)CCc2ccccc2)c1)C1CCCCC1. The summed E-state index contributed by atoms with van der Waals surface area (Å²) in [5.74, 6) is -0.215. The van der Waals surface area contributed by atoms with Crippen molar-refractivity contribution in [3.8, 4) is 0 Å². The summed E-state index contributed by atoms with van der Waals surface area (Å²) < 4.78 is 28.4. The second kappa shape index (κ2) is 16.8. The van der Waals surface area contributed by atoms with Gasteiger partial charge in [0.15, 0.2) is 0 Å². The van der Waals surface area contributed by atoms with Crippen molar-refractivity contribution in [2.75, 3.05) is 37.0 Å². The Bertz CT molecular complexity index is 1590. The van der Waals surface area contributed by atoms with Gasteiger partial charge >= 0.3 is 0 Å². The molecule has 0 radical (unpaired) electrons. The van der Waals surface area contributed by atoms with Crippen LogP contribution >= 0.6 is 0 Å². The van der Waals surface area contributed by atoms with Crippen LogP contribution in [-0.4, -0.2) is 53.5 Å². The van der Waals surface area contributed by atoms with E-state index in [-0.39, 0.29) is 23.1 Å². The summed E-state index contributed by atoms with van der Waals surface area (Å²) in [4.78, 5) is 31.6. The first kappa shape index (κ1) is 36.0. The number of nitrogens with one attached hydrogen (secondary N) is 2. The van der Waals surface area contributed by atoms with E-state index in [2.05, 4.69) is 59.9 Å². The molecule has 3 aromatic carbocycles. The fraction of sp³-hybridized carbons (Fsp3) is 0.474. The van der Waals surface area contributed by atoms with Gasteiger partial charge < -0.3 is 15.1 Å². The Balaban J connectivity index is 1.55. The number of rotatable bonds is 15. The molecule has 1 unspecified atom stereocenters. The van der Waals surface area contributed by atoms with Crippen LogP contribution in [0, 0.1) is 18.8 Å². The number of carbonyl (C=O) groups excluding carboxylic acids is 2. The average Bonchev–Trinajstić information content (AvgIpc) is 3.06. The number of anilines is 2. The zero-order valence-corrected chi connectivity index (χ0v) is 29.5. The van der Waals surface area contributed by atoms with E-state index < -0.39 is 22.0 Å². The van der Waals surface area contributed by atoms with Gasteiger partial charge in [-0.05, 0) is 79.8 Å². The van der Waals surface area contributed by atoms with E-state index in [1.165, 1.54) is 11.6 Å². The smallest absolute Gasteiger partial charge is 0.264 e. The highest BCUT2D eigenvalue weighted by molar-refractivity contribution is 7.90. The van der Waals surface area contributed by atoms with Crippen molar-refractivity contribution in [3.05, 3.63) is 89.5 Å². The molecule has 4 rings (SSSR count). The molecule has 0 saturated heterocycles. The van der Waals surface area contributed by atoms with Crippen LogP contribution in [0.1, 0.15) is 80.3 Å². The number of hydrogen-bond acceptors (Lipinski definition) is 6. The number of sulfonamides is 1. The quantitative estimate of drug-likeness (QED) is 0.188. The molecule has 0 bridgehead atoms. The molecule has 3 aromatic rings. The predicted molar refractivity (Wildman–Crippen MR) is 192 cm³/mol. The number of nitrogens with zero attached hydrogens (tertiary/aromatic N) is 2. The summed E-state index contributed by atoms with van der Waals surface area (Å²) in [5.41, 5.74) is 4.36. The van der Waals surface area contributed by atoms with Crippen LogP contribution in [0.4, 0.5) is 11.4 Å². The standard InChI is InChI=1S/C38H52N4O4S/c1-28(2)22-24-41(4)34-21-20-32(26-35(34)42(5)25-23-30-15-8-6-9-16-30)38(44)39-33(31-17-10-7-11-18-31)27-37(43)40-47(45,46)36-19-13-12-14-29(36)3/h6,8-9,12-16,19-21,26,28,31,33H,7,10-11,17-18,22-25,27H2,1-5H3,(H,39,44)(H,40,43). The zero-order valence-electron chi connectivity index (χ0n) is 28.7. The van der Waals surface area contributed by atoms with E-state index in [9.17, 15) is 18.0 Å². The molecule has 1 aliphatic carbocycles. The Morgan fingerprint density at radius 1 is 0.851 bits per heavy atom. The van der Waals surface area contributed by atoms with Gasteiger partial charge in [-0.25, -0.2) is 13.1 Å². The molecule has 0 heterocycles. The Kier molecular flexibility index (Phi) is 12.9. The van der Waals surface area contributed by atoms with Crippen molar-refractivity contribution in [1.82, 2.24) is 10.0 Å². The molecule has 0 spiro atoms. The fourth-order valence-corrected chi connectivity index (χ4v) is 7.60. The first-order chi connectivity index (χ1) is 22.4. The van der Waals surface area contributed by atoms with Gasteiger partial charge in [0, 0.05) is 45.2 Å². The van der Waals surface area contributed by atoms with E-state index in [1.54, 1.807) is 25.1 Å². The van der Waals surface area contributed by atoms with Crippen molar-refractivity contribution in [1.29, 1.82) is 0 Å². The first-order valence-electron chi connectivity index (χ1n) is 17.0. The van der Waals surface area contributed by atoms with Crippen molar-refractivity contribution >= 4 is 33.2 Å². The highest BCUT2D eigenvalue weighted by Crippen LogP contribution is 2.32. The number of likely N-dealkylation sites (N-methyl/N-ethyl adjacent to an activating group) is 1. The van der Waals surface area contributed by atoms with Gasteiger partial charge in [0.2, 0.25) is 5.91 Å². The molecule has 0 aromatic heterocycles. The Hall–Kier alpha value is -3.85. The van der Waals surface area contributed by atoms with Crippen molar-refractivity contribution in [2.45, 2.75) is 83.1 Å². The summed E-state index contributed by atoms with van der Waals surface area (Å²) in [6, 6.07) is 22.3. The minimum atomic E-state index is -4.03. The van der Waals surface area contributed by atoms with Crippen LogP contribution in [0.3, 0.4) is 0 Å². The van der Waals surface area contributed by atoms with Gasteiger partial charge in [0.05, 0.1) is 16.3 Å². The van der Waals surface area contributed by atoms with E-state index in [1.807, 2.05) is 36.4 Å². The van der Waals surface area contributed by atoms with E-state index in [0.717, 1.165) is 69.4 Å². The largest absolute Gasteiger partial charge is 0.373 e. The summed E-state index contributed by atoms with van der Waals surface area (Å²) in [7, 11) is 0.118. The molecule has 47 heavy (non-hydrogen) atoms. The lowest BCUT2D eigenvalue weighted by atomic mass is 9.82. The second-order valence-electron chi connectivity index (χ2n) is 13.4. The summed E-state index contributed by atoms with van der Waals surface area (Å²) in [6.07, 6.45) is 6.74. The van der Waals surface area contributed by atoms with Gasteiger partial charge in [-0.3, -0.25) is 9.59 Å². The number of carbonyl (C=O) groups is 2. The van der Waals surface area contributed by atoms with E-state index in [4.69, 9.17) is 0 Å². The van der Waals surface area contributed by atoms with E-state index in [0.29, 0.717) is 17.0 Å². The van der Waals surface area contributed by atoms with Gasteiger partial charge in [-0.1, -0.05) is 81.6 Å². The molecule has 2 amide bonds. The lowest BCUT2D eigenvalue weighted by Gasteiger charge is -2.31. The average molecular weight is 661 g/mol. The fourth-order valence-electron chi connectivity index (χ4n) is 6.36. The molecular weight excluding hydrogens is 609 g/mol. The summed E-state index contributed by atoms with van der Waals surface area (Å²) in [6.45, 7) is 7.81. The van der Waals surface area contributed by atoms with E-state index >= 15 is 0 Å². The maximum Gasteiger partial charge on any atom is 0.264 e. The van der Waals surface area contributed by atoms with Crippen molar-refractivity contribution in [3.63, 3.8) is 0 Å². The van der Waals surface area contributed by atoms with Crippen molar-refractivity contribution < 1.29 is 18.0 Å². The molecule has 8 nitrogen and oxygen atoms in total. The number of amides is 2. The lowest BCUT2D eigenvalue weighted by molar-refractivity contribution is -0.120. The Morgan fingerprint density at radius 2 is 1.51 bits per heavy atom. The highest BCUT2D eigenvalue weighted by Gasteiger charge is 2.30. The number of hydrogen-bond donors (Lipinski definition) is 2. The highest BCUT2D eigenvalue weighted by atomic mass is 32.2. The third-order valence-electron chi connectivity index (χ3n) is 9.25. The zero-order chi connectivity index (χ0) is 34.0. The third-order valence-corrected chi connectivity index (χ3v) is 10.8. The van der Waals surface area contributed by atoms with Gasteiger partial charge in [0.25, 0.3) is 15.9 Å². The Morgan fingerprint density at radius 3 is 2.19 bits per heavy atom. The number of benzene rings is 3. The number of aryl methyl sites for hydroxylation is 1.